The Morgan fingerprint density at radius 3 is 2.20 bits per heavy atom. The summed E-state index contributed by atoms with van der Waals surface area (Å²) in [6, 6.07) is 0. The van der Waals surface area contributed by atoms with Crippen LogP contribution in [0.4, 0.5) is 0 Å². The largest absolute Gasteiger partial charge is 0.392 e. The van der Waals surface area contributed by atoms with Gasteiger partial charge in [0.1, 0.15) is 0 Å². The van der Waals surface area contributed by atoms with Crippen molar-refractivity contribution in [1.82, 2.24) is 5.32 Å². The Morgan fingerprint density at radius 1 is 1.30 bits per heavy atom. The number of nitrogens with one attached hydrogen (secondary N) is 1. The van der Waals surface area contributed by atoms with Crippen molar-refractivity contribution >= 4 is 0 Å². The van der Waals surface area contributed by atoms with Crippen LogP contribution in [0.2, 0.25) is 0 Å². The van der Waals surface area contributed by atoms with Crippen LogP contribution in [-0.2, 0) is 0 Å². The Kier molecular flexibility index (Phi) is 5.64. The van der Waals surface area contributed by atoms with Gasteiger partial charge in [0, 0.05) is 6.54 Å². The summed E-state index contributed by atoms with van der Waals surface area (Å²) >= 11 is 0. The van der Waals surface area contributed by atoms with Gasteiger partial charge < -0.3 is 10.4 Å². The second-order valence-electron chi connectivity index (χ2n) is 2.65. The van der Waals surface area contributed by atoms with E-state index in [1.807, 2.05) is 13.8 Å². The molecule has 2 N–H and O–H groups in total. The van der Waals surface area contributed by atoms with Crippen molar-refractivity contribution in [3.63, 3.8) is 0 Å². The molecule has 0 bridgehead atoms. The maximum absolute atomic E-state index is 9.02. The molecule has 0 spiro atoms. The van der Waals surface area contributed by atoms with Crippen molar-refractivity contribution in [3.8, 4) is 0 Å². The van der Waals surface area contributed by atoms with E-state index >= 15 is 0 Å². The molecule has 0 amide bonds. The number of aliphatic hydroxyl groups is 1. The van der Waals surface area contributed by atoms with E-state index in [0.717, 1.165) is 19.5 Å². The van der Waals surface area contributed by atoms with E-state index < -0.39 is 0 Å². The Bertz CT molecular complexity index is 67.7. The van der Waals surface area contributed by atoms with Crippen molar-refractivity contribution < 1.29 is 5.11 Å². The lowest BCUT2D eigenvalue weighted by atomic mass is 10.0. The Morgan fingerprint density at radius 2 is 1.90 bits per heavy atom. The maximum atomic E-state index is 9.02. The lowest BCUT2D eigenvalue weighted by Crippen LogP contribution is -2.38. The molecule has 1 heterocycles. The Hall–Kier alpha value is -0.0800. The van der Waals surface area contributed by atoms with Crippen molar-refractivity contribution in [1.29, 1.82) is 0 Å². The molecule has 2 heteroatoms. The van der Waals surface area contributed by atoms with Gasteiger partial charge in [-0.1, -0.05) is 20.8 Å². The van der Waals surface area contributed by atoms with Crippen LogP contribution in [0, 0.1) is 5.92 Å². The molecule has 1 unspecified atom stereocenters. The lowest BCUT2D eigenvalue weighted by Gasteiger charge is -2.23. The molecule has 0 aromatic carbocycles. The lowest BCUT2D eigenvalue weighted by molar-refractivity contribution is 0.119. The fourth-order valence-corrected chi connectivity index (χ4v) is 1.13. The fraction of sp³-hybridized carbons (Fsp3) is 1.00. The molecule has 0 aliphatic carbocycles. The highest BCUT2D eigenvalue weighted by atomic mass is 16.3. The molecule has 1 aliphatic heterocycles. The van der Waals surface area contributed by atoms with Crippen LogP contribution in [0.15, 0.2) is 0 Å². The van der Waals surface area contributed by atoms with Gasteiger partial charge in [0.05, 0.1) is 6.10 Å². The number of aliphatic hydroxyl groups excluding tert-OH is 1. The molecular weight excluding hydrogens is 126 g/mol. The second-order valence-corrected chi connectivity index (χ2v) is 2.65. The Labute approximate surface area is 63.6 Å². The van der Waals surface area contributed by atoms with Crippen LogP contribution in [0.5, 0.6) is 0 Å². The molecule has 0 radical (unpaired) electrons. The van der Waals surface area contributed by atoms with E-state index in [4.69, 9.17) is 5.11 Å². The van der Waals surface area contributed by atoms with E-state index in [1.165, 1.54) is 0 Å². The molecule has 2 nitrogen and oxygen atoms in total. The molecule has 1 fully saturated rings. The average molecular weight is 145 g/mol. The highest BCUT2D eigenvalue weighted by Gasteiger charge is 2.14. The number of rotatable bonds is 0. The average Bonchev–Trinajstić information content (AvgIpc) is 1.91. The van der Waals surface area contributed by atoms with Gasteiger partial charge in [0.2, 0.25) is 0 Å². The molecule has 0 aromatic rings. The van der Waals surface area contributed by atoms with E-state index in [1.54, 1.807) is 0 Å². The quantitative estimate of drug-likeness (QED) is 0.533. The number of β-amino-alcohol motifs (C(OH)–C–C–N with tert-alkyl or cyclic N) is 1. The van der Waals surface area contributed by atoms with Gasteiger partial charge in [-0.25, -0.2) is 0 Å². The van der Waals surface area contributed by atoms with Crippen molar-refractivity contribution in [2.24, 2.45) is 5.92 Å². The second kappa shape index (κ2) is 5.69. The minimum atomic E-state index is -0.0984. The topological polar surface area (TPSA) is 32.3 Å². The molecule has 0 aromatic heterocycles. The van der Waals surface area contributed by atoms with Gasteiger partial charge in [0.25, 0.3) is 0 Å². The molecule has 10 heavy (non-hydrogen) atoms. The molecule has 2 atom stereocenters. The van der Waals surface area contributed by atoms with Crippen LogP contribution in [0.1, 0.15) is 27.2 Å². The van der Waals surface area contributed by atoms with Crippen LogP contribution < -0.4 is 5.32 Å². The maximum Gasteiger partial charge on any atom is 0.0667 e. The van der Waals surface area contributed by atoms with Gasteiger partial charge >= 0.3 is 0 Å². The molecular formula is C8H19NO. The summed E-state index contributed by atoms with van der Waals surface area (Å²) in [5.41, 5.74) is 0. The summed E-state index contributed by atoms with van der Waals surface area (Å²) in [5.74, 6) is 0.652. The monoisotopic (exact) mass is 145 g/mol. The van der Waals surface area contributed by atoms with Crippen molar-refractivity contribution in [2.75, 3.05) is 13.1 Å². The van der Waals surface area contributed by atoms with Gasteiger partial charge in [0.15, 0.2) is 0 Å². The number of hydrogen-bond donors (Lipinski definition) is 2. The van der Waals surface area contributed by atoms with Gasteiger partial charge in [-0.05, 0) is 18.9 Å². The zero-order valence-electron chi connectivity index (χ0n) is 7.22. The molecule has 1 saturated heterocycles. The van der Waals surface area contributed by atoms with E-state index in [9.17, 15) is 0 Å². The summed E-state index contributed by atoms with van der Waals surface area (Å²) < 4.78 is 0. The third kappa shape index (κ3) is 3.85. The molecule has 1 aliphatic rings. The Balaban J connectivity index is 0.000000371. The summed E-state index contributed by atoms with van der Waals surface area (Å²) in [5, 5.41) is 12.2. The normalized spacial score (nSPS) is 32.4. The third-order valence-electron chi connectivity index (χ3n) is 1.55. The zero-order valence-corrected chi connectivity index (χ0v) is 7.22. The SMILES string of the molecule is CC.CC1CNC[C@H](O)C1. The third-order valence-corrected chi connectivity index (χ3v) is 1.55. The highest BCUT2D eigenvalue weighted by molar-refractivity contribution is 4.71. The summed E-state index contributed by atoms with van der Waals surface area (Å²) in [7, 11) is 0. The van der Waals surface area contributed by atoms with Gasteiger partial charge in [-0.3, -0.25) is 0 Å². The van der Waals surface area contributed by atoms with E-state index in [-0.39, 0.29) is 6.10 Å². The van der Waals surface area contributed by atoms with Crippen molar-refractivity contribution in [3.05, 3.63) is 0 Å². The van der Waals surface area contributed by atoms with Crippen LogP contribution in [0.3, 0.4) is 0 Å². The standard InChI is InChI=1S/C6H13NO.C2H6/c1-5-2-6(8)4-7-3-5;1-2/h5-8H,2-4H2,1H3;1-2H3/t5?,6-;/m1./s1. The van der Waals surface area contributed by atoms with Gasteiger partial charge in [-0.15, -0.1) is 0 Å². The minimum Gasteiger partial charge on any atom is -0.392 e. The summed E-state index contributed by atoms with van der Waals surface area (Å²) in [6.45, 7) is 8.00. The van der Waals surface area contributed by atoms with Crippen LogP contribution in [0.25, 0.3) is 0 Å². The molecule has 0 saturated carbocycles. The van der Waals surface area contributed by atoms with Gasteiger partial charge in [-0.2, -0.15) is 0 Å². The molecule has 1 rings (SSSR count). The zero-order chi connectivity index (χ0) is 7.98. The first-order valence-corrected chi connectivity index (χ1v) is 4.18. The minimum absolute atomic E-state index is 0.0984. The van der Waals surface area contributed by atoms with E-state index in [0.29, 0.717) is 5.92 Å². The number of piperidine rings is 1. The first-order chi connectivity index (χ1) is 4.79. The first kappa shape index (κ1) is 9.92. The molecule has 62 valence electrons. The summed E-state index contributed by atoms with van der Waals surface area (Å²) in [6.07, 6.45) is 0.867. The predicted molar refractivity (Wildman–Crippen MR) is 44.0 cm³/mol. The highest BCUT2D eigenvalue weighted by Crippen LogP contribution is 2.07. The van der Waals surface area contributed by atoms with Crippen molar-refractivity contribution in [2.45, 2.75) is 33.3 Å². The first-order valence-electron chi connectivity index (χ1n) is 4.18. The predicted octanol–water partition coefficient (Wildman–Crippen LogP) is 1.00. The smallest absolute Gasteiger partial charge is 0.0667 e. The van der Waals surface area contributed by atoms with Crippen LogP contribution in [-0.4, -0.2) is 24.3 Å². The fourth-order valence-electron chi connectivity index (χ4n) is 1.13. The number of hydrogen-bond acceptors (Lipinski definition) is 2. The van der Waals surface area contributed by atoms with E-state index in [2.05, 4.69) is 12.2 Å². The summed E-state index contributed by atoms with van der Waals surface area (Å²) in [4.78, 5) is 0. The van der Waals surface area contributed by atoms with Crippen LogP contribution >= 0.6 is 0 Å².